The molecule has 0 amide bonds. The molecule has 140 valence electrons. The Morgan fingerprint density at radius 2 is 1.81 bits per heavy atom. The molecule has 0 saturated carbocycles. The Hall–Kier alpha value is -2.34. The van der Waals surface area contributed by atoms with E-state index in [1.54, 1.807) is 14.2 Å². The van der Waals surface area contributed by atoms with E-state index in [9.17, 15) is 0 Å². The Balaban J connectivity index is 1.92. The average molecular weight is 374 g/mol. The second-order valence-electron chi connectivity index (χ2n) is 5.44. The zero-order chi connectivity index (χ0) is 18.6. The highest BCUT2D eigenvalue weighted by Crippen LogP contribution is 2.31. The summed E-state index contributed by atoms with van der Waals surface area (Å²) in [5.41, 5.74) is 0.989. The van der Waals surface area contributed by atoms with Crippen molar-refractivity contribution in [2.24, 2.45) is 4.99 Å². The summed E-state index contributed by atoms with van der Waals surface area (Å²) in [7, 11) is 3.29. The first-order valence-corrected chi connectivity index (χ1v) is 9.67. The lowest BCUT2D eigenvalue weighted by atomic mass is 10.2. The van der Waals surface area contributed by atoms with Crippen LogP contribution in [-0.4, -0.2) is 39.0 Å². The van der Waals surface area contributed by atoms with Crippen molar-refractivity contribution in [2.45, 2.75) is 18.4 Å². The predicted octanol–water partition coefficient (Wildman–Crippen LogP) is 3.55. The molecular formula is C20H27N3O2S. The van der Waals surface area contributed by atoms with Crippen LogP contribution in [0.3, 0.4) is 0 Å². The summed E-state index contributed by atoms with van der Waals surface area (Å²) in [6.07, 6.45) is 0. The molecule has 2 aromatic rings. The van der Waals surface area contributed by atoms with Crippen molar-refractivity contribution in [3.8, 4) is 11.5 Å². The van der Waals surface area contributed by atoms with Crippen LogP contribution in [0.1, 0.15) is 12.5 Å². The molecule has 2 aromatic carbocycles. The molecule has 0 radical (unpaired) electrons. The molecule has 0 aromatic heterocycles. The van der Waals surface area contributed by atoms with Gasteiger partial charge in [-0.05, 0) is 25.1 Å². The first-order valence-electron chi connectivity index (χ1n) is 8.68. The van der Waals surface area contributed by atoms with Gasteiger partial charge in [0.25, 0.3) is 0 Å². The van der Waals surface area contributed by atoms with Gasteiger partial charge < -0.3 is 20.1 Å². The molecule has 0 heterocycles. The molecule has 0 fully saturated rings. The Bertz CT molecular complexity index is 693. The number of benzene rings is 2. The molecule has 0 atom stereocenters. The normalized spacial score (nSPS) is 11.1. The Kier molecular flexibility index (Phi) is 8.69. The van der Waals surface area contributed by atoms with Gasteiger partial charge in [-0.3, -0.25) is 0 Å². The lowest BCUT2D eigenvalue weighted by Gasteiger charge is -2.13. The average Bonchev–Trinajstić information content (AvgIpc) is 2.69. The van der Waals surface area contributed by atoms with Gasteiger partial charge in [-0.15, -0.1) is 11.8 Å². The standard InChI is InChI=1S/C20H27N3O2S/c1-4-21-20(22-13-14-26-17-10-6-5-7-11-17)23-15-16-9-8-12-18(24-2)19(16)25-3/h5-12H,4,13-15H2,1-3H3,(H2,21,22,23). The van der Waals surface area contributed by atoms with Crippen LogP contribution in [0.15, 0.2) is 58.4 Å². The van der Waals surface area contributed by atoms with Gasteiger partial charge in [-0.2, -0.15) is 0 Å². The maximum atomic E-state index is 5.47. The number of hydrogen-bond acceptors (Lipinski definition) is 4. The molecule has 0 unspecified atom stereocenters. The van der Waals surface area contributed by atoms with Gasteiger partial charge in [-0.1, -0.05) is 30.3 Å². The molecule has 5 nitrogen and oxygen atoms in total. The molecule has 0 spiro atoms. The fourth-order valence-corrected chi connectivity index (χ4v) is 3.23. The quantitative estimate of drug-likeness (QED) is 0.305. The van der Waals surface area contributed by atoms with Crippen LogP contribution in [-0.2, 0) is 6.54 Å². The topological polar surface area (TPSA) is 54.9 Å². The van der Waals surface area contributed by atoms with Crippen molar-refractivity contribution in [3.63, 3.8) is 0 Å². The zero-order valence-corrected chi connectivity index (χ0v) is 16.4. The first kappa shape index (κ1) is 20.0. The third-order valence-corrected chi connectivity index (χ3v) is 4.66. The predicted molar refractivity (Wildman–Crippen MR) is 110 cm³/mol. The summed E-state index contributed by atoms with van der Waals surface area (Å²) in [6, 6.07) is 16.2. The van der Waals surface area contributed by atoms with E-state index >= 15 is 0 Å². The van der Waals surface area contributed by atoms with Crippen molar-refractivity contribution in [1.29, 1.82) is 0 Å². The lowest BCUT2D eigenvalue weighted by Crippen LogP contribution is -2.38. The van der Waals surface area contributed by atoms with Crippen LogP contribution < -0.4 is 20.1 Å². The fourth-order valence-electron chi connectivity index (χ4n) is 2.44. The number of hydrogen-bond donors (Lipinski definition) is 2. The Morgan fingerprint density at radius 1 is 1.00 bits per heavy atom. The zero-order valence-electron chi connectivity index (χ0n) is 15.6. The molecule has 26 heavy (non-hydrogen) atoms. The van der Waals surface area contributed by atoms with E-state index in [0.29, 0.717) is 6.54 Å². The van der Waals surface area contributed by atoms with Gasteiger partial charge >= 0.3 is 0 Å². The summed E-state index contributed by atoms with van der Waals surface area (Å²) in [4.78, 5) is 5.94. The Labute approximate surface area is 160 Å². The molecule has 2 N–H and O–H groups in total. The fraction of sp³-hybridized carbons (Fsp3) is 0.350. The van der Waals surface area contributed by atoms with Gasteiger partial charge in [0.2, 0.25) is 0 Å². The minimum Gasteiger partial charge on any atom is -0.493 e. The SMILES string of the molecule is CCNC(=NCc1cccc(OC)c1OC)NCCSc1ccccc1. The second-order valence-corrected chi connectivity index (χ2v) is 6.60. The lowest BCUT2D eigenvalue weighted by molar-refractivity contribution is 0.352. The van der Waals surface area contributed by atoms with E-state index in [1.165, 1.54) is 4.90 Å². The van der Waals surface area contributed by atoms with Gasteiger partial charge in [-0.25, -0.2) is 4.99 Å². The highest BCUT2D eigenvalue weighted by molar-refractivity contribution is 7.99. The maximum absolute atomic E-state index is 5.47. The first-order chi connectivity index (χ1) is 12.8. The number of nitrogens with one attached hydrogen (secondary N) is 2. The molecule has 0 bridgehead atoms. The van der Waals surface area contributed by atoms with E-state index in [-0.39, 0.29) is 0 Å². The summed E-state index contributed by atoms with van der Waals surface area (Å²) >= 11 is 1.82. The number of rotatable bonds is 9. The summed E-state index contributed by atoms with van der Waals surface area (Å²) < 4.78 is 10.8. The van der Waals surface area contributed by atoms with E-state index in [2.05, 4.69) is 46.8 Å². The molecule has 6 heteroatoms. The molecule has 0 aliphatic rings. The van der Waals surface area contributed by atoms with Crippen LogP contribution in [0.5, 0.6) is 11.5 Å². The third kappa shape index (κ3) is 6.19. The second kappa shape index (κ2) is 11.3. The van der Waals surface area contributed by atoms with Gasteiger partial charge in [0.15, 0.2) is 17.5 Å². The van der Waals surface area contributed by atoms with Crippen LogP contribution in [0.4, 0.5) is 0 Å². The van der Waals surface area contributed by atoms with Gasteiger partial charge in [0, 0.05) is 29.3 Å². The number of guanidine groups is 1. The largest absolute Gasteiger partial charge is 0.493 e. The van der Waals surface area contributed by atoms with Crippen LogP contribution in [0.25, 0.3) is 0 Å². The van der Waals surface area contributed by atoms with Gasteiger partial charge in [0.05, 0.1) is 20.8 Å². The molecular weight excluding hydrogens is 346 g/mol. The molecule has 2 rings (SSSR count). The summed E-state index contributed by atoms with van der Waals surface area (Å²) in [6.45, 7) is 4.22. The monoisotopic (exact) mass is 373 g/mol. The summed E-state index contributed by atoms with van der Waals surface area (Å²) in [5, 5.41) is 6.65. The van der Waals surface area contributed by atoms with Gasteiger partial charge in [0.1, 0.15) is 0 Å². The third-order valence-electron chi connectivity index (χ3n) is 3.64. The number of ether oxygens (including phenoxy) is 2. The Morgan fingerprint density at radius 3 is 2.50 bits per heavy atom. The number of thioether (sulfide) groups is 1. The number of methoxy groups -OCH3 is 2. The minimum absolute atomic E-state index is 0.515. The van der Waals surface area contributed by atoms with Crippen molar-refractivity contribution >= 4 is 17.7 Å². The van der Waals surface area contributed by atoms with Crippen molar-refractivity contribution < 1.29 is 9.47 Å². The smallest absolute Gasteiger partial charge is 0.191 e. The summed E-state index contributed by atoms with van der Waals surface area (Å²) in [5.74, 6) is 3.22. The van der Waals surface area contributed by atoms with Crippen molar-refractivity contribution in [3.05, 3.63) is 54.1 Å². The maximum Gasteiger partial charge on any atom is 0.191 e. The van der Waals surface area contributed by atoms with Crippen molar-refractivity contribution in [1.82, 2.24) is 10.6 Å². The van der Waals surface area contributed by atoms with E-state index in [0.717, 1.165) is 41.9 Å². The van der Waals surface area contributed by atoms with E-state index < -0.39 is 0 Å². The molecule has 0 aliphatic carbocycles. The number of para-hydroxylation sites is 1. The van der Waals surface area contributed by atoms with Crippen LogP contribution in [0.2, 0.25) is 0 Å². The van der Waals surface area contributed by atoms with E-state index in [4.69, 9.17) is 9.47 Å². The number of aliphatic imine (C=N–C) groups is 1. The number of nitrogens with zero attached hydrogens (tertiary/aromatic N) is 1. The molecule has 0 saturated heterocycles. The van der Waals surface area contributed by atoms with Crippen LogP contribution >= 0.6 is 11.8 Å². The van der Waals surface area contributed by atoms with Crippen LogP contribution in [0, 0.1) is 0 Å². The van der Waals surface area contributed by atoms with E-state index in [1.807, 2.05) is 36.0 Å². The van der Waals surface area contributed by atoms with Crippen molar-refractivity contribution in [2.75, 3.05) is 33.1 Å². The molecule has 0 aliphatic heterocycles. The minimum atomic E-state index is 0.515. The highest BCUT2D eigenvalue weighted by atomic mass is 32.2. The highest BCUT2D eigenvalue weighted by Gasteiger charge is 2.09.